The lowest BCUT2D eigenvalue weighted by molar-refractivity contribution is 0.00291. The predicted octanol–water partition coefficient (Wildman–Crippen LogP) is 2.59. The van der Waals surface area contributed by atoms with Gasteiger partial charge in [0.2, 0.25) is 5.92 Å². The monoisotopic (exact) mass is 257 g/mol. The minimum Gasteiger partial charge on any atom is -0.492 e. The van der Waals surface area contributed by atoms with E-state index in [-0.39, 0.29) is 30.9 Å². The second-order valence-corrected chi connectivity index (χ2v) is 4.49. The fourth-order valence-electron chi connectivity index (χ4n) is 2.01. The highest BCUT2D eigenvalue weighted by Gasteiger charge is 2.39. The van der Waals surface area contributed by atoms with Crippen LogP contribution in [-0.4, -0.2) is 28.6 Å². The van der Waals surface area contributed by atoms with E-state index in [1.165, 1.54) is 18.5 Å². The zero-order valence-corrected chi connectivity index (χ0v) is 9.60. The lowest BCUT2D eigenvalue weighted by Gasteiger charge is -2.12. The van der Waals surface area contributed by atoms with Gasteiger partial charge >= 0.3 is 5.97 Å². The van der Waals surface area contributed by atoms with Gasteiger partial charge in [-0.15, -0.1) is 0 Å². The molecule has 1 heterocycles. The van der Waals surface area contributed by atoms with Crippen molar-refractivity contribution in [3.05, 3.63) is 24.0 Å². The molecule has 1 N–H and O–H groups in total. The third-order valence-electron chi connectivity index (χ3n) is 2.95. The maximum Gasteiger partial charge on any atom is 0.337 e. The van der Waals surface area contributed by atoms with Gasteiger partial charge in [0, 0.05) is 19.0 Å². The minimum atomic E-state index is -2.59. The molecule has 1 aliphatic carbocycles. The molecule has 98 valence electrons. The van der Waals surface area contributed by atoms with Crippen molar-refractivity contribution in [2.75, 3.05) is 6.61 Å². The van der Waals surface area contributed by atoms with Crippen LogP contribution in [0.15, 0.2) is 18.5 Å². The molecule has 1 atom stereocenters. The molecule has 0 radical (unpaired) electrons. The Morgan fingerprint density at radius 1 is 1.56 bits per heavy atom. The predicted molar refractivity (Wildman–Crippen MR) is 59.0 cm³/mol. The summed E-state index contributed by atoms with van der Waals surface area (Å²) < 4.78 is 31.2. The second-order valence-electron chi connectivity index (χ2n) is 4.49. The Hall–Kier alpha value is -1.72. The summed E-state index contributed by atoms with van der Waals surface area (Å²) in [4.78, 5) is 14.4. The Kier molecular flexibility index (Phi) is 3.45. The van der Waals surface area contributed by atoms with Crippen LogP contribution in [0.1, 0.15) is 29.6 Å². The first-order valence-corrected chi connectivity index (χ1v) is 5.65. The van der Waals surface area contributed by atoms with Crippen LogP contribution < -0.4 is 4.74 Å². The summed E-state index contributed by atoms with van der Waals surface area (Å²) in [5.74, 6) is -3.58. The summed E-state index contributed by atoms with van der Waals surface area (Å²) in [6.45, 7) is 0.167. The number of carbonyl (C=O) groups is 1. The molecule has 0 bridgehead atoms. The molecule has 0 saturated heterocycles. The Bertz CT molecular complexity index is 451. The number of rotatable bonds is 4. The summed E-state index contributed by atoms with van der Waals surface area (Å²) in [6.07, 6.45) is 2.74. The molecule has 1 aromatic rings. The molecule has 18 heavy (non-hydrogen) atoms. The fraction of sp³-hybridized carbons (Fsp3) is 0.500. The number of halogens is 2. The highest BCUT2D eigenvalue weighted by molar-refractivity contribution is 5.87. The molecule has 1 aliphatic rings. The molecular weight excluding hydrogens is 244 g/mol. The fourth-order valence-corrected chi connectivity index (χ4v) is 2.01. The van der Waals surface area contributed by atoms with Crippen LogP contribution in [0.25, 0.3) is 0 Å². The van der Waals surface area contributed by atoms with E-state index in [2.05, 4.69) is 4.98 Å². The van der Waals surface area contributed by atoms with Gasteiger partial charge in [-0.1, -0.05) is 0 Å². The van der Waals surface area contributed by atoms with Crippen LogP contribution >= 0.6 is 0 Å². The summed E-state index contributed by atoms with van der Waals surface area (Å²) in [5.41, 5.74) is 0.0178. The van der Waals surface area contributed by atoms with Crippen LogP contribution in [0.3, 0.4) is 0 Å². The second kappa shape index (κ2) is 4.88. The van der Waals surface area contributed by atoms with Crippen molar-refractivity contribution in [2.24, 2.45) is 5.92 Å². The highest BCUT2D eigenvalue weighted by atomic mass is 19.3. The molecule has 0 aliphatic heterocycles. The van der Waals surface area contributed by atoms with Crippen molar-refractivity contribution in [2.45, 2.75) is 25.2 Å². The van der Waals surface area contributed by atoms with Gasteiger partial charge in [-0.3, -0.25) is 4.98 Å². The Morgan fingerprint density at radius 2 is 2.33 bits per heavy atom. The molecule has 2 rings (SSSR count). The zero-order chi connectivity index (χ0) is 13.2. The van der Waals surface area contributed by atoms with Gasteiger partial charge in [0.25, 0.3) is 0 Å². The van der Waals surface area contributed by atoms with Gasteiger partial charge in [-0.25, -0.2) is 13.6 Å². The van der Waals surface area contributed by atoms with E-state index >= 15 is 0 Å². The van der Waals surface area contributed by atoms with E-state index < -0.39 is 11.9 Å². The van der Waals surface area contributed by atoms with Crippen LogP contribution in [-0.2, 0) is 0 Å². The molecule has 1 aromatic heterocycles. The number of pyridine rings is 1. The summed E-state index contributed by atoms with van der Waals surface area (Å²) >= 11 is 0. The van der Waals surface area contributed by atoms with Crippen LogP contribution in [0.5, 0.6) is 5.75 Å². The standard InChI is InChI=1S/C12H13F2NO3/c13-12(14)2-1-8(4-12)7-18-10-3-9(11(16)17)5-15-6-10/h3,5-6,8H,1-2,4,7H2,(H,16,17). The minimum absolute atomic E-state index is 0.0178. The lowest BCUT2D eigenvalue weighted by atomic mass is 10.1. The lowest BCUT2D eigenvalue weighted by Crippen LogP contribution is -2.14. The maximum absolute atomic E-state index is 12.9. The molecule has 0 spiro atoms. The molecule has 0 aromatic carbocycles. The quantitative estimate of drug-likeness (QED) is 0.900. The van der Waals surface area contributed by atoms with Crippen molar-refractivity contribution >= 4 is 5.97 Å². The number of ether oxygens (including phenoxy) is 1. The van der Waals surface area contributed by atoms with E-state index in [9.17, 15) is 13.6 Å². The Labute approximate surface area is 103 Å². The number of carboxylic acid groups (broad SMARTS) is 1. The van der Waals surface area contributed by atoms with E-state index in [4.69, 9.17) is 9.84 Å². The maximum atomic E-state index is 12.9. The number of aromatic carboxylic acids is 1. The van der Waals surface area contributed by atoms with Gasteiger partial charge in [-0.05, 0) is 18.4 Å². The molecule has 1 unspecified atom stereocenters. The van der Waals surface area contributed by atoms with Crippen LogP contribution in [0.2, 0.25) is 0 Å². The van der Waals surface area contributed by atoms with Crippen molar-refractivity contribution in [1.82, 2.24) is 4.98 Å². The van der Waals surface area contributed by atoms with Gasteiger partial charge < -0.3 is 9.84 Å². The average Bonchev–Trinajstić information content (AvgIpc) is 2.67. The zero-order valence-electron chi connectivity index (χ0n) is 9.60. The van der Waals surface area contributed by atoms with Crippen molar-refractivity contribution < 1.29 is 23.4 Å². The van der Waals surface area contributed by atoms with Gasteiger partial charge in [0.05, 0.1) is 18.4 Å². The van der Waals surface area contributed by atoms with Crippen LogP contribution in [0, 0.1) is 5.92 Å². The van der Waals surface area contributed by atoms with E-state index in [1.54, 1.807) is 0 Å². The third kappa shape index (κ3) is 3.15. The van der Waals surface area contributed by atoms with E-state index in [0.717, 1.165) is 0 Å². The SMILES string of the molecule is O=C(O)c1cncc(OCC2CCC(F)(F)C2)c1. The smallest absolute Gasteiger partial charge is 0.337 e. The van der Waals surface area contributed by atoms with E-state index in [0.29, 0.717) is 12.2 Å². The van der Waals surface area contributed by atoms with E-state index in [1.807, 2.05) is 0 Å². The first kappa shape index (κ1) is 12.7. The number of hydrogen-bond acceptors (Lipinski definition) is 3. The average molecular weight is 257 g/mol. The molecule has 1 fully saturated rings. The molecule has 4 nitrogen and oxygen atoms in total. The number of aromatic nitrogens is 1. The van der Waals surface area contributed by atoms with Crippen molar-refractivity contribution in [3.63, 3.8) is 0 Å². The van der Waals surface area contributed by atoms with Crippen molar-refractivity contribution in [1.29, 1.82) is 0 Å². The third-order valence-corrected chi connectivity index (χ3v) is 2.95. The first-order valence-electron chi connectivity index (χ1n) is 5.65. The summed E-state index contributed by atoms with van der Waals surface area (Å²) in [7, 11) is 0. The number of nitrogens with zero attached hydrogens (tertiary/aromatic N) is 1. The summed E-state index contributed by atoms with van der Waals surface area (Å²) in [6, 6.07) is 1.34. The largest absolute Gasteiger partial charge is 0.492 e. The highest BCUT2D eigenvalue weighted by Crippen LogP contribution is 2.38. The molecule has 1 saturated carbocycles. The normalized spacial score (nSPS) is 21.8. The Morgan fingerprint density at radius 3 is 2.94 bits per heavy atom. The Balaban J connectivity index is 1.91. The van der Waals surface area contributed by atoms with Crippen LogP contribution in [0.4, 0.5) is 8.78 Å². The number of alkyl halides is 2. The van der Waals surface area contributed by atoms with Gasteiger partial charge in [-0.2, -0.15) is 0 Å². The first-order chi connectivity index (χ1) is 8.46. The van der Waals surface area contributed by atoms with Gasteiger partial charge in [0.1, 0.15) is 5.75 Å². The molecule has 6 heteroatoms. The number of carboxylic acids is 1. The molecular formula is C12H13F2NO3. The van der Waals surface area contributed by atoms with Crippen molar-refractivity contribution in [3.8, 4) is 5.75 Å². The summed E-state index contributed by atoms with van der Waals surface area (Å²) in [5, 5.41) is 8.76. The number of hydrogen-bond donors (Lipinski definition) is 1. The van der Waals surface area contributed by atoms with Gasteiger partial charge in [0.15, 0.2) is 0 Å². The topological polar surface area (TPSA) is 59.4 Å². The molecule has 0 amide bonds.